The molecule has 0 saturated carbocycles. The molecule has 1 aromatic heterocycles. The molecule has 5 rings (SSSR count). The Labute approximate surface area is 203 Å². The zero-order valence-corrected chi connectivity index (χ0v) is 20.1. The van der Waals surface area contributed by atoms with Gasteiger partial charge in [-0.05, 0) is 56.3 Å². The normalized spacial score (nSPS) is 16.9. The van der Waals surface area contributed by atoms with Crippen molar-refractivity contribution < 1.29 is 4.57 Å². The van der Waals surface area contributed by atoms with Crippen molar-refractivity contribution in [3.8, 4) is 5.69 Å². The van der Waals surface area contributed by atoms with Crippen LogP contribution in [0, 0.1) is 0 Å². The SMILES string of the molecule is CC(C)N=C1Cc2c(nc3ccccc3[n+]2-c2ccc(Cl)cc2)CC1Nc1ccc(Cl)cc1. The number of para-hydroxylation sites is 2. The molecule has 6 heteroatoms. The number of hydrogen-bond donors (Lipinski definition) is 1. The van der Waals surface area contributed by atoms with Gasteiger partial charge in [-0.3, -0.25) is 4.99 Å². The Bertz CT molecular complexity index is 1330. The van der Waals surface area contributed by atoms with Crippen molar-refractivity contribution in [2.45, 2.75) is 38.8 Å². The topological polar surface area (TPSA) is 41.2 Å². The summed E-state index contributed by atoms with van der Waals surface area (Å²) in [4.78, 5) is 10.1. The highest BCUT2D eigenvalue weighted by molar-refractivity contribution is 6.30. The molecule has 1 atom stereocenters. The highest BCUT2D eigenvalue weighted by atomic mass is 35.5. The van der Waals surface area contributed by atoms with Gasteiger partial charge in [-0.15, -0.1) is 0 Å². The summed E-state index contributed by atoms with van der Waals surface area (Å²) in [6.45, 7) is 4.24. The second-order valence-electron chi connectivity index (χ2n) is 8.60. The molecule has 0 amide bonds. The van der Waals surface area contributed by atoms with Crippen molar-refractivity contribution >= 4 is 45.6 Å². The Kier molecular flexibility index (Phi) is 6.05. The van der Waals surface area contributed by atoms with Gasteiger partial charge < -0.3 is 5.32 Å². The van der Waals surface area contributed by atoms with Crippen LogP contribution in [-0.4, -0.2) is 22.8 Å². The number of aliphatic imine (C=N–C) groups is 1. The molecule has 1 aliphatic rings. The first kappa shape index (κ1) is 21.9. The third-order valence-corrected chi connectivity index (χ3v) is 6.33. The van der Waals surface area contributed by atoms with Crippen LogP contribution in [-0.2, 0) is 12.8 Å². The fraction of sp³-hybridized carbons (Fsp3) is 0.222. The van der Waals surface area contributed by atoms with Crippen molar-refractivity contribution in [2.75, 3.05) is 5.32 Å². The van der Waals surface area contributed by atoms with Gasteiger partial charge in [-0.1, -0.05) is 35.3 Å². The van der Waals surface area contributed by atoms with Crippen LogP contribution in [0.15, 0.2) is 77.8 Å². The van der Waals surface area contributed by atoms with Gasteiger partial charge in [0, 0.05) is 52.1 Å². The maximum atomic E-state index is 6.19. The summed E-state index contributed by atoms with van der Waals surface area (Å²) in [5, 5.41) is 5.11. The van der Waals surface area contributed by atoms with Crippen molar-refractivity contribution in [3.05, 3.63) is 94.2 Å². The summed E-state index contributed by atoms with van der Waals surface area (Å²) in [6, 6.07) is 24.4. The third kappa shape index (κ3) is 4.59. The predicted octanol–water partition coefficient (Wildman–Crippen LogP) is 6.25. The van der Waals surface area contributed by atoms with E-state index in [1.165, 1.54) is 5.69 Å². The minimum Gasteiger partial charge on any atom is -0.377 e. The first-order chi connectivity index (χ1) is 16.0. The fourth-order valence-electron chi connectivity index (χ4n) is 4.42. The number of benzene rings is 3. The standard InChI is InChI=1S/C27H25Cl2N4/c1-17(2)30-24-16-27-25(15-23(24)31-20-11-7-18(28)8-12-20)32-22-5-3-4-6-26(22)33(27)21-13-9-19(29)10-14-21/h3-14,17,23,31H,15-16H2,1-2H3/q+1. The van der Waals surface area contributed by atoms with E-state index in [1.54, 1.807) is 0 Å². The molecule has 166 valence electrons. The van der Waals surface area contributed by atoms with Crippen LogP contribution in [0.3, 0.4) is 0 Å². The summed E-state index contributed by atoms with van der Waals surface area (Å²) in [7, 11) is 0. The Morgan fingerprint density at radius 3 is 2.30 bits per heavy atom. The van der Waals surface area contributed by atoms with E-state index in [-0.39, 0.29) is 12.1 Å². The number of anilines is 1. The number of nitrogens with one attached hydrogen (secondary N) is 1. The first-order valence-electron chi connectivity index (χ1n) is 11.1. The van der Waals surface area contributed by atoms with E-state index >= 15 is 0 Å². The van der Waals surface area contributed by atoms with Crippen molar-refractivity contribution in [2.24, 2.45) is 4.99 Å². The molecule has 4 aromatic rings. The van der Waals surface area contributed by atoms with Crippen LogP contribution in [0.2, 0.25) is 10.0 Å². The van der Waals surface area contributed by atoms with E-state index in [0.29, 0.717) is 0 Å². The molecule has 4 nitrogen and oxygen atoms in total. The highest BCUT2D eigenvalue weighted by Gasteiger charge is 2.34. The van der Waals surface area contributed by atoms with Gasteiger partial charge in [0.15, 0.2) is 0 Å². The molecule has 0 aliphatic heterocycles. The summed E-state index contributed by atoms with van der Waals surface area (Å²) in [5.41, 5.74) is 7.53. The van der Waals surface area contributed by atoms with Crippen molar-refractivity contribution in [3.63, 3.8) is 0 Å². The Morgan fingerprint density at radius 1 is 0.939 bits per heavy atom. The van der Waals surface area contributed by atoms with Crippen molar-refractivity contribution in [1.29, 1.82) is 0 Å². The van der Waals surface area contributed by atoms with E-state index in [0.717, 1.165) is 56.7 Å². The molecule has 0 spiro atoms. The second-order valence-corrected chi connectivity index (χ2v) is 9.48. The maximum absolute atomic E-state index is 6.19. The van der Waals surface area contributed by atoms with E-state index in [4.69, 9.17) is 33.2 Å². The van der Waals surface area contributed by atoms with Gasteiger partial charge in [0.2, 0.25) is 16.9 Å². The van der Waals surface area contributed by atoms with Crippen LogP contribution >= 0.6 is 23.2 Å². The lowest BCUT2D eigenvalue weighted by Crippen LogP contribution is -2.47. The van der Waals surface area contributed by atoms with Gasteiger partial charge in [0.05, 0.1) is 12.5 Å². The first-order valence-corrected chi connectivity index (χ1v) is 11.9. The molecule has 1 unspecified atom stereocenters. The summed E-state index contributed by atoms with van der Waals surface area (Å²) < 4.78 is 2.31. The van der Waals surface area contributed by atoms with Crippen LogP contribution < -0.4 is 9.88 Å². The van der Waals surface area contributed by atoms with Crippen molar-refractivity contribution in [1.82, 2.24) is 4.98 Å². The number of aromatic nitrogens is 2. The van der Waals surface area contributed by atoms with Gasteiger partial charge in [0.25, 0.3) is 0 Å². The average Bonchev–Trinajstić information content (AvgIpc) is 2.80. The number of nitrogens with zero attached hydrogens (tertiary/aromatic N) is 3. The molecule has 1 aliphatic carbocycles. The lowest BCUT2D eigenvalue weighted by Gasteiger charge is -2.27. The summed E-state index contributed by atoms with van der Waals surface area (Å²) >= 11 is 12.3. The molecular formula is C27H25Cl2N4+. The van der Waals surface area contributed by atoms with Crippen LogP contribution in [0.4, 0.5) is 5.69 Å². The third-order valence-electron chi connectivity index (χ3n) is 5.82. The van der Waals surface area contributed by atoms with E-state index in [2.05, 4.69) is 54.1 Å². The monoisotopic (exact) mass is 475 g/mol. The molecule has 0 bridgehead atoms. The zero-order valence-electron chi connectivity index (χ0n) is 18.6. The average molecular weight is 476 g/mol. The van der Waals surface area contributed by atoms with Crippen LogP contribution in [0.25, 0.3) is 16.7 Å². The van der Waals surface area contributed by atoms with Gasteiger partial charge >= 0.3 is 0 Å². The van der Waals surface area contributed by atoms with Crippen LogP contribution in [0.5, 0.6) is 0 Å². The van der Waals surface area contributed by atoms with E-state index in [9.17, 15) is 0 Å². The zero-order chi connectivity index (χ0) is 22.9. The fourth-order valence-corrected chi connectivity index (χ4v) is 4.67. The number of fused-ring (bicyclic) bond motifs is 2. The Balaban J connectivity index is 1.65. The molecule has 1 heterocycles. The van der Waals surface area contributed by atoms with Gasteiger partial charge in [0.1, 0.15) is 11.2 Å². The Morgan fingerprint density at radius 2 is 1.61 bits per heavy atom. The maximum Gasteiger partial charge on any atom is 0.237 e. The number of rotatable bonds is 4. The van der Waals surface area contributed by atoms with E-state index in [1.807, 2.05) is 42.5 Å². The predicted molar refractivity (Wildman–Crippen MR) is 137 cm³/mol. The molecule has 0 saturated heterocycles. The lowest BCUT2D eigenvalue weighted by atomic mass is 9.91. The van der Waals surface area contributed by atoms with Gasteiger partial charge in [-0.25, -0.2) is 4.98 Å². The summed E-state index contributed by atoms with van der Waals surface area (Å²) in [5.74, 6) is 0. The lowest BCUT2D eigenvalue weighted by molar-refractivity contribution is -0.576. The minimum absolute atomic E-state index is 0.0633. The molecule has 1 N–H and O–H groups in total. The molecule has 0 fully saturated rings. The molecule has 0 radical (unpaired) electrons. The smallest absolute Gasteiger partial charge is 0.237 e. The Hall–Kier alpha value is -2.95. The number of hydrogen-bond acceptors (Lipinski definition) is 3. The van der Waals surface area contributed by atoms with Crippen LogP contribution in [0.1, 0.15) is 25.2 Å². The minimum atomic E-state index is 0.0633. The summed E-state index contributed by atoms with van der Waals surface area (Å²) in [6.07, 6.45) is 1.47. The quantitative estimate of drug-likeness (QED) is 0.354. The molecule has 3 aromatic carbocycles. The molecular weight excluding hydrogens is 451 g/mol. The molecule has 33 heavy (non-hydrogen) atoms. The van der Waals surface area contributed by atoms with Gasteiger partial charge in [-0.2, -0.15) is 4.57 Å². The second kappa shape index (κ2) is 9.12. The number of halogens is 2. The highest BCUT2D eigenvalue weighted by Crippen LogP contribution is 2.25. The van der Waals surface area contributed by atoms with E-state index < -0.39 is 0 Å². The largest absolute Gasteiger partial charge is 0.377 e.